The van der Waals surface area contributed by atoms with Gasteiger partial charge in [-0.15, -0.1) is 0 Å². The van der Waals surface area contributed by atoms with Gasteiger partial charge in [0.15, 0.2) is 0 Å². The van der Waals surface area contributed by atoms with Crippen molar-refractivity contribution in [3.05, 3.63) is 29.3 Å². The monoisotopic (exact) mass is 197 g/mol. The van der Waals surface area contributed by atoms with Gasteiger partial charge in [0.25, 0.3) is 5.91 Å². The second-order valence-electron chi connectivity index (χ2n) is 2.98. The summed E-state index contributed by atoms with van der Waals surface area (Å²) in [7, 11) is 0. The van der Waals surface area contributed by atoms with E-state index in [4.69, 9.17) is 10.5 Å². The number of halogens is 1. The van der Waals surface area contributed by atoms with Crippen LogP contribution in [-0.4, -0.2) is 12.3 Å². The second kappa shape index (κ2) is 4.09. The Balaban J connectivity index is 3.15. The number of alkyl halides is 1. The van der Waals surface area contributed by atoms with Crippen LogP contribution >= 0.6 is 0 Å². The number of primary amides is 1. The number of aryl methyl sites for hydroxylation is 1. The van der Waals surface area contributed by atoms with Crippen LogP contribution in [0.25, 0.3) is 0 Å². The third-order valence-electron chi connectivity index (χ3n) is 1.76. The molecule has 0 radical (unpaired) electrons. The van der Waals surface area contributed by atoms with Gasteiger partial charge in [-0.2, -0.15) is 0 Å². The van der Waals surface area contributed by atoms with E-state index in [2.05, 4.69) is 0 Å². The summed E-state index contributed by atoms with van der Waals surface area (Å²) in [5.41, 5.74) is 6.01. The quantitative estimate of drug-likeness (QED) is 0.803. The van der Waals surface area contributed by atoms with E-state index in [1.54, 1.807) is 19.1 Å². The van der Waals surface area contributed by atoms with E-state index in [0.717, 1.165) is 0 Å². The van der Waals surface area contributed by atoms with Crippen molar-refractivity contribution >= 4 is 5.91 Å². The molecule has 1 unspecified atom stereocenters. The van der Waals surface area contributed by atoms with Crippen LogP contribution in [-0.2, 0) is 0 Å². The molecule has 0 saturated heterocycles. The normalized spacial score (nSPS) is 12.2. The summed E-state index contributed by atoms with van der Waals surface area (Å²) in [6.45, 7) is 2.97. The molecule has 14 heavy (non-hydrogen) atoms. The molecule has 0 aliphatic heterocycles. The van der Waals surface area contributed by atoms with Crippen LogP contribution in [0.5, 0.6) is 5.75 Å². The van der Waals surface area contributed by atoms with Crippen molar-refractivity contribution in [3.8, 4) is 5.75 Å². The number of benzene rings is 1. The minimum Gasteiger partial charge on any atom is -0.460 e. The van der Waals surface area contributed by atoms with E-state index >= 15 is 0 Å². The Labute approximate surface area is 81.7 Å². The van der Waals surface area contributed by atoms with E-state index in [1.165, 1.54) is 13.0 Å². The summed E-state index contributed by atoms with van der Waals surface area (Å²) in [6, 6.07) is 4.91. The first-order chi connectivity index (χ1) is 6.52. The molecule has 3 nitrogen and oxygen atoms in total. The first kappa shape index (κ1) is 10.5. The number of hydrogen-bond acceptors (Lipinski definition) is 2. The van der Waals surface area contributed by atoms with Crippen molar-refractivity contribution in [2.75, 3.05) is 0 Å². The van der Waals surface area contributed by atoms with Crippen LogP contribution in [0, 0.1) is 6.92 Å². The summed E-state index contributed by atoms with van der Waals surface area (Å²) in [6.07, 6.45) is -1.46. The Hall–Kier alpha value is -1.58. The summed E-state index contributed by atoms with van der Waals surface area (Å²) in [5.74, 6) is -0.403. The molecule has 0 spiro atoms. The average Bonchev–Trinajstić information content (AvgIpc) is 2.07. The van der Waals surface area contributed by atoms with E-state index in [1.807, 2.05) is 0 Å². The highest BCUT2D eigenvalue weighted by atomic mass is 19.1. The van der Waals surface area contributed by atoms with Gasteiger partial charge in [0.05, 0.1) is 5.56 Å². The van der Waals surface area contributed by atoms with Crippen molar-refractivity contribution < 1.29 is 13.9 Å². The lowest BCUT2D eigenvalue weighted by Crippen LogP contribution is -2.15. The maximum atomic E-state index is 12.6. The number of carbonyl (C=O) groups excluding carboxylic acids is 1. The van der Waals surface area contributed by atoms with Gasteiger partial charge in [0, 0.05) is 6.92 Å². The molecule has 2 N–H and O–H groups in total. The summed E-state index contributed by atoms with van der Waals surface area (Å²) >= 11 is 0. The van der Waals surface area contributed by atoms with Gasteiger partial charge >= 0.3 is 0 Å². The molecule has 0 aliphatic carbocycles. The lowest BCUT2D eigenvalue weighted by Gasteiger charge is -2.12. The molecule has 0 saturated carbocycles. The van der Waals surface area contributed by atoms with Crippen LogP contribution in [0.3, 0.4) is 0 Å². The van der Waals surface area contributed by atoms with E-state index in [0.29, 0.717) is 5.56 Å². The third-order valence-corrected chi connectivity index (χ3v) is 1.76. The third kappa shape index (κ3) is 2.22. The summed E-state index contributed by atoms with van der Waals surface area (Å²) in [5, 5.41) is 0. The molecule has 0 bridgehead atoms. The topological polar surface area (TPSA) is 52.3 Å². The predicted molar refractivity (Wildman–Crippen MR) is 50.9 cm³/mol. The van der Waals surface area contributed by atoms with Crippen LogP contribution in [0.2, 0.25) is 0 Å². The van der Waals surface area contributed by atoms with Crippen molar-refractivity contribution in [1.29, 1.82) is 0 Å². The Morgan fingerprint density at radius 2 is 2.21 bits per heavy atom. The minimum atomic E-state index is -1.46. The maximum Gasteiger partial charge on any atom is 0.252 e. The fourth-order valence-corrected chi connectivity index (χ4v) is 1.17. The first-order valence-corrected chi connectivity index (χ1v) is 4.22. The van der Waals surface area contributed by atoms with Gasteiger partial charge < -0.3 is 10.5 Å². The van der Waals surface area contributed by atoms with Gasteiger partial charge in [0.1, 0.15) is 5.75 Å². The van der Waals surface area contributed by atoms with Crippen LogP contribution in [0.15, 0.2) is 18.2 Å². The fraction of sp³-hybridized carbons (Fsp3) is 0.300. The number of rotatable bonds is 3. The first-order valence-electron chi connectivity index (χ1n) is 4.22. The van der Waals surface area contributed by atoms with Crippen molar-refractivity contribution in [3.63, 3.8) is 0 Å². The molecule has 1 aromatic carbocycles. The molecule has 1 rings (SSSR count). The van der Waals surface area contributed by atoms with Crippen molar-refractivity contribution in [2.24, 2.45) is 5.73 Å². The molecule has 0 aromatic heterocycles. The van der Waals surface area contributed by atoms with Crippen molar-refractivity contribution in [2.45, 2.75) is 20.2 Å². The molecule has 1 aromatic rings. The van der Waals surface area contributed by atoms with Gasteiger partial charge in [-0.1, -0.05) is 12.1 Å². The molecule has 1 atom stereocenters. The number of carbonyl (C=O) groups is 1. The summed E-state index contributed by atoms with van der Waals surface area (Å²) in [4.78, 5) is 11.0. The largest absolute Gasteiger partial charge is 0.460 e. The van der Waals surface area contributed by atoms with Crippen LogP contribution in [0.1, 0.15) is 22.8 Å². The number of nitrogens with two attached hydrogens (primary N) is 1. The molecule has 1 amide bonds. The van der Waals surface area contributed by atoms with Gasteiger partial charge in [-0.05, 0) is 18.6 Å². The lowest BCUT2D eigenvalue weighted by molar-refractivity contribution is 0.0819. The second-order valence-corrected chi connectivity index (χ2v) is 2.98. The Bertz CT molecular complexity index is 350. The zero-order valence-electron chi connectivity index (χ0n) is 8.08. The Morgan fingerprint density at radius 3 is 2.71 bits per heavy atom. The van der Waals surface area contributed by atoms with Crippen molar-refractivity contribution in [1.82, 2.24) is 0 Å². The zero-order chi connectivity index (χ0) is 10.7. The lowest BCUT2D eigenvalue weighted by atomic mass is 10.1. The van der Waals surface area contributed by atoms with E-state index in [9.17, 15) is 9.18 Å². The Morgan fingerprint density at radius 1 is 1.57 bits per heavy atom. The number of hydrogen-bond donors (Lipinski definition) is 1. The van der Waals surface area contributed by atoms with Gasteiger partial charge in [-0.25, -0.2) is 4.39 Å². The van der Waals surface area contributed by atoms with E-state index < -0.39 is 12.3 Å². The molecule has 0 fully saturated rings. The highest BCUT2D eigenvalue weighted by Gasteiger charge is 2.13. The highest BCUT2D eigenvalue weighted by molar-refractivity contribution is 5.96. The molecule has 0 aliphatic rings. The molecular weight excluding hydrogens is 185 g/mol. The molecule has 76 valence electrons. The Kier molecular flexibility index (Phi) is 3.06. The van der Waals surface area contributed by atoms with Gasteiger partial charge in [-0.3, -0.25) is 4.79 Å². The maximum absolute atomic E-state index is 12.6. The smallest absolute Gasteiger partial charge is 0.252 e. The predicted octanol–water partition coefficient (Wildman–Crippen LogP) is 1.79. The van der Waals surface area contributed by atoms with Crippen LogP contribution < -0.4 is 10.5 Å². The standard InChI is InChI=1S/C10H12FNO2/c1-6-4-3-5-8(10(12)13)9(6)14-7(2)11/h3-5,7H,1-2H3,(H2,12,13). The molecule has 4 heteroatoms. The minimum absolute atomic E-state index is 0.203. The number of ether oxygens (including phenoxy) is 1. The van der Waals surface area contributed by atoms with Gasteiger partial charge in [0.2, 0.25) is 6.36 Å². The SMILES string of the molecule is Cc1cccc(C(N)=O)c1OC(C)F. The molecular formula is C10H12FNO2. The van der Waals surface area contributed by atoms with E-state index in [-0.39, 0.29) is 11.3 Å². The molecule has 0 heterocycles. The fourth-order valence-electron chi connectivity index (χ4n) is 1.17. The zero-order valence-corrected chi connectivity index (χ0v) is 8.08. The number of para-hydroxylation sites is 1. The highest BCUT2D eigenvalue weighted by Crippen LogP contribution is 2.24. The summed E-state index contributed by atoms with van der Waals surface area (Å²) < 4.78 is 17.5. The van der Waals surface area contributed by atoms with Crippen LogP contribution in [0.4, 0.5) is 4.39 Å². The number of amides is 1. The average molecular weight is 197 g/mol.